The molecule has 0 aliphatic rings. The molecule has 0 aromatic heterocycles. The molecule has 0 aliphatic heterocycles. The zero-order valence-electron chi connectivity index (χ0n) is 10.4. The molecule has 1 aromatic rings. The Hall–Kier alpha value is -1.43. The van der Waals surface area contributed by atoms with Crippen molar-refractivity contribution in [3.63, 3.8) is 0 Å². The van der Waals surface area contributed by atoms with Gasteiger partial charge in [-0.25, -0.2) is 12.8 Å². The number of benzene rings is 1. The summed E-state index contributed by atoms with van der Waals surface area (Å²) in [5, 5.41) is 0. The van der Waals surface area contributed by atoms with Crippen molar-refractivity contribution in [1.82, 2.24) is 0 Å². The van der Waals surface area contributed by atoms with Crippen molar-refractivity contribution in [2.75, 3.05) is 23.0 Å². The second kappa shape index (κ2) is 5.95. The third kappa shape index (κ3) is 3.80. The zero-order valence-corrected chi connectivity index (χ0v) is 11.2. The number of halogens is 1. The van der Waals surface area contributed by atoms with Crippen LogP contribution in [0, 0.1) is 5.82 Å². The fourth-order valence-electron chi connectivity index (χ4n) is 1.49. The highest BCUT2D eigenvalue weighted by Gasteiger charge is 2.20. The predicted octanol–water partition coefficient (Wildman–Crippen LogP) is 1.61. The molecule has 0 saturated carbocycles. The molecule has 0 spiro atoms. The van der Waals surface area contributed by atoms with Crippen molar-refractivity contribution >= 4 is 21.4 Å². The van der Waals surface area contributed by atoms with Gasteiger partial charge in [-0.1, -0.05) is 6.92 Å². The first-order valence-electron chi connectivity index (χ1n) is 5.66. The summed E-state index contributed by atoms with van der Waals surface area (Å²) in [4.78, 5) is 13.2. The zero-order chi connectivity index (χ0) is 13.8. The van der Waals surface area contributed by atoms with Gasteiger partial charge in [-0.2, -0.15) is 0 Å². The van der Waals surface area contributed by atoms with Crippen LogP contribution in [0.25, 0.3) is 0 Å². The van der Waals surface area contributed by atoms with Gasteiger partial charge in [-0.05, 0) is 31.2 Å². The third-order valence-corrected chi connectivity index (χ3v) is 4.11. The van der Waals surface area contributed by atoms with Crippen molar-refractivity contribution in [2.45, 2.75) is 13.8 Å². The number of carbonyl (C=O) groups is 1. The molecule has 18 heavy (non-hydrogen) atoms. The first-order chi connectivity index (χ1) is 8.39. The summed E-state index contributed by atoms with van der Waals surface area (Å²) in [6, 6.07) is 5.38. The van der Waals surface area contributed by atoms with E-state index in [1.807, 2.05) is 0 Å². The molecule has 6 heteroatoms. The summed E-state index contributed by atoms with van der Waals surface area (Å²) in [5.41, 5.74) is 0.496. The van der Waals surface area contributed by atoms with E-state index in [-0.39, 0.29) is 5.75 Å². The van der Waals surface area contributed by atoms with Crippen molar-refractivity contribution in [2.24, 2.45) is 0 Å². The van der Waals surface area contributed by atoms with E-state index in [9.17, 15) is 17.6 Å². The van der Waals surface area contributed by atoms with E-state index in [4.69, 9.17) is 0 Å². The van der Waals surface area contributed by atoms with Gasteiger partial charge < -0.3 is 4.90 Å². The number of hydrogen-bond donors (Lipinski definition) is 0. The third-order valence-electron chi connectivity index (χ3n) is 2.54. The molecular weight excluding hydrogens is 257 g/mol. The van der Waals surface area contributed by atoms with E-state index in [0.717, 1.165) is 0 Å². The summed E-state index contributed by atoms with van der Waals surface area (Å²) in [6.07, 6.45) is 0. The second-order valence-electron chi connectivity index (χ2n) is 3.79. The Morgan fingerprint density at radius 2 is 1.78 bits per heavy atom. The Labute approximate surface area is 106 Å². The monoisotopic (exact) mass is 273 g/mol. The molecule has 0 heterocycles. The lowest BCUT2D eigenvalue weighted by atomic mass is 10.3. The van der Waals surface area contributed by atoms with Gasteiger partial charge in [-0.15, -0.1) is 0 Å². The number of carbonyl (C=O) groups excluding carboxylic acids is 1. The van der Waals surface area contributed by atoms with E-state index in [1.54, 1.807) is 6.92 Å². The van der Waals surface area contributed by atoms with Crippen LogP contribution in [0.5, 0.6) is 0 Å². The van der Waals surface area contributed by atoms with Crippen LogP contribution in [0.4, 0.5) is 10.1 Å². The van der Waals surface area contributed by atoms with E-state index < -0.39 is 27.3 Å². The van der Waals surface area contributed by atoms with Crippen molar-refractivity contribution < 1.29 is 17.6 Å². The SMILES string of the molecule is CCN(C(=O)CS(=O)(=O)CC)c1ccc(F)cc1. The number of anilines is 1. The van der Waals surface area contributed by atoms with E-state index in [0.29, 0.717) is 12.2 Å². The van der Waals surface area contributed by atoms with Gasteiger partial charge in [0.2, 0.25) is 5.91 Å². The van der Waals surface area contributed by atoms with Crippen LogP contribution in [0.15, 0.2) is 24.3 Å². The minimum atomic E-state index is -3.36. The normalized spacial score (nSPS) is 11.3. The smallest absolute Gasteiger partial charge is 0.242 e. The Kier molecular flexibility index (Phi) is 4.84. The van der Waals surface area contributed by atoms with Crippen LogP contribution in [0.2, 0.25) is 0 Å². The molecule has 100 valence electrons. The Morgan fingerprint density at radius 1 is 1.22 bits per heavy atom. The maximum absolute atomic E-state index is 12.8. The fourth-order valence-corrected chi connectivity index (χ4v) is 2.23. The molecule has 0 fully saturated rings. The van der Waals surface area contributed by atoms with Crippen LogP contribution < -0.4 is 4.90 Å². The first kappa shape index (κ1) is 14.6. The predicted molar refractivity (Wildman–Crippen MR) is 68.8 cm³/mol. The number of hydrogen-bond acceptors (Lipinski definition) is 3. The summed E-state index contributed by atoms with van der Waals surface area (Å²) in [5.74, 6) is -1.48. The lowest BCUT2D eigenvalue weighted by Crippen LogP contribution is -2.36. The molecule has 0 aliphatic carbocycles. The lowest BCUT2D eigenvalue weighted by molar-refractivity contribution is -0.116. The van der Waals surface area contributed by atoms with Gasteiger partial charge >= 0.3 is 0 Å². The number of amides is 1. The number of rotatable bonds is 5. The number of sulfone groups is 1. The van der Waals surface area contributed by atoms with Gasteiger partial charge in [0, 0.05) is 18.0 Å². The molecule has 1 rings (SSSR count). The lowest BCUT2D eigenvalue weighted by Gasteiger charge is -2.20. The van der Waals surface area contributed by atoms with Crippen molar-refractivity contribution in [3.05, 3.63) is 30.1 Å². The average Bonchev–Trinajstić information content (AvgIpc) is 2.32. The molecule has 0 radical (unpaired) electrons. The highest BCUT2D eigenvalue weighted by atomic mass is 32.2. The van der Waals surface area contributed by atoms with Crippen LogP contribution in [0.3, 0.4) is 0 Å². The average molecular weight is 273 g/mol. The second-order valence-corrected chi connectivity index (χ2v) is 6.14. The van der Waals surface area contributed by atoms with Crippen LogP contribution in [-0.2, 0) is 14.6 Å². The maximum atomic E-state index is 12.8. The Bertz CT molecular complexity index is 511. The van der Waals surface area contributed by atoms with E-state index >= 15 is 0 Å². The minimum absolute atomic E-state index is 0.0697. The summed E-state index contributed by atoms with van der Waals surface area (Å²) < 4.78 is 35.6. The fraction of sp³-hybridized carbons (Fsp3) is 0.417. The molecule has 1 aromatic carbocycles. The molecule has 0 atom stereocenters. The quantitative estimate of drug-likeness (QED) is 0.819. The van der Waals surface area contributed by atoms with Crippen LogP contribution in [0.1, 0.15) is 13.8 Å². The standard InChI is InChI=1S/C12H16FNO3S/c1-3-14(11-7-5-10(13)6-8-11)12(15)9-18(16,17)4-2/h5-8H,3-4,9H2,1-2H3. The van der Waals surface area contributed by atoms with Crippen LogP contribution in [-0.4, -0.2) is 32.4 Å². The molecule has 0 saturated heterocycles. The topological polar surface area (TPSA) is 54.5 Å². The van der Waals surface area contributed by atoms with E-state index in [2.05, 4.69) is 0 Å². The highest BCUT2D eigenvalue weighted by Crippen LogP contribution is 2.15. The number of nitrogens with zero attached hydrogens (tertiary/aromatic N) is 1. The summed E-state index contributed by atoms with van der Waals surface area (Å²) in [6.45, 7) is 3.57. The Balaban J connectivity index is 2.90. The van der Waals surface area contributed by atoms with E-state index in [1.165, 1.54) is 36.1 Å². The highest BCUT2D eigenvalue weighted by molar-refractivity contribution is 7.92. The van der Waals surface area contributed by atoms with Crippen LogP contribution >= 0.6 is 0 Å². The van der Waals surface area contributed by atoms with Gasteiger partial charge in [0.15, 0.2) is 9.84 Å². The maximum Gasteiger partial charge on any atom is 0.242 e. The molecule has 0 bridgehead atoms. The summed E-state index contributed by atoms with van der Waals surface area (Å²) >= 11 is 0. The van der Waals surface area contributed by atoms with Gasteiger partial charge in [0.1, 0.15) is 11.6 Å². The molecular formula is C12H16FNO3S. The molecule has 1 amide bonds. The molecule has 0 N–H and O–H groups in total. The van der Waals surface area contributed by atoms with Gasteiger partial charge in [-0.3, -0.25) is 4.79 Å². The van der Waals surface area contributed by atoms with Crippen molar-refractivity contribution in [1.29, 1.82) is 0 Å². The Morgan fingerprint density at radius 3 is 2.22 bits per heavy atom. The van der Waals surface area contributed by atoms with Crippen molar-refractivity contribution in [3.8, 4) is 0 Å². The summed E-state index contributed by atoms with van der Waals surface area (Å²) in [7, 11) is -3.36. The molecule has 0 unspecified atom stereocenters. The minimum Gasteiger partial charge on any atom is -0.312 e. The van der Waals surface area contributed by atoms with Gasteiger partial charge in [0.25, 0.3) is 0 Å². The molecule has 4 nitrogen and oxygen atoms in total. The first-order valence-corrected chi connectivity index (χ1v) is 7.48. The largest absolute Gasteiger partial charge is 0.312 e. The van der Waals surface area contributed by atoms with Gasteiger partial charge in [0.05, 0.1) is 0 Å².